The number of hydrogen-bond acceptors (Lipinski definition) is 7. The molecule has 3 aliphatic rings. The van der Waals surface area contributed by atoms with E-state index in [0.29, 0.717) is 29.7 Å². The van der Waals surface area contributed by atoms with Crippen molar-refractivity contribution in [3.8, 4) is 11.5 Å². The summed E-state index contributed by atoms with van der Waals surface area (Å²) in [5, 5.41) is 8.47. The van der Waals surface area contributed by atoms with Crippen LogP contribution in [0, 0.1) is 0 Å². The molecule has 2 aliphatic carbocycles. The van der Waals surface area contributed by atoms with E-state index in [2.05, 4.69) is 21.7 Å². The van der Waals surface area contributed by atoms with Gasteiger partial charge in [-0.2, -0.15) is 0 Å². The largest absolute Gasteiger partial charge is 0.444 e. The summed E-state index contributed by atoms with van der Waals surface area (Å²) in [6, 6.07) is 8.00. The van der Waals surface area contributed by atoms with Crippen molar-refractivity contribution in [3.05, 3.63) is 53.1 Å². The van der Waals surface area contributed by atoms with Gasteiger partial charge in [-0.1, -0.05) is 13.0 Å². The fraction of sp³-hybridized carbons (Fsp3) is 0.517. The Hall–Kier alpha value is -3.82. The van der Waals surface area contributed by atoms with Crippen LogP contribution in [0.1, 0.15) is 93.2 Å². The van der Waals surface area contributed by atoms with E-state index in [9.17, 15) is 9.59 Å². The average molecular weight is 530 g/mol. The number of aromatic nitrogens is 5. The lowest BCUT2D eigenvalue weighted by Crippen LogP contribution is -2.34. The second-order valence-corrected chi connectivity index (χ2v) is 12.3. The van der Waals surface area contributed by atoms with Crippen LogP contribution in [0.3, 0.4) is 0 Å². The molecule has 6 rings (SSSR count). The molecule has 39 heavy (non-hydrogen) atoms. The molecule has 0 radical (unpaired) electrons. The van der Waals surface area contributed by atoms with Gasteiger partial charge in [0.1, 0.15) is 23.4 Å². The Bertz CT molecular complexity index is 1450. The molecule has 0 N–H and O–H groups in total. The number of fused-ring (bicyclic) bond motifs is 1. The number of nitrogens with zero attached hydrogens (tertiary/aromatic N) is 7. The number of anilines is 1. The third-order valence-corrected chi connectivity index (χ3v) is 7.99. The topological polar surface area (TPSA) is 106 Å². The summed E-state index contributed by atoms with van der Waals surface area (Å²) < 4.78 is 7.65. The number of carbonyl (C=O) groups is 2. The number of carbonyl (C=O) groups excluding carboxylic acids is 2. The minimum atomic E-state index is -0.601. The monoisotopic (exact) mass is 529 g/mol. The highest BCUT2D eigenvalue weighted by atomic mass is 16.6. The van der Waals surface area contributed by atoms with Gasteiger partial charge in [-0.25, -0.2) is 9.78 Å². The third-order valence-electron chi connectivity index (χ3n) is 7.99. The molecule has 4 heterocycles. The normalized spacial score (nSPS) is 18.1. The molecule has 2 amide bonds. The van der Waals surface area contributed by atoms with Crippen molar-refractivity contribution in [1.82, 2.24) is 29.6 Å². The van der Waals surface area contributed by atoms with Crippen LogP contribution in [-0.4, -0.2) is 54.3 Å². The van der Waals surface area contributed by atoms with Gasteiger partial charge in [0.25, 0.3) is 5.91 Å². The number of amides is 2. The van der Waals surface area contributed by atoms with Crippen molar-refractivity contribution >= 4 is 17.8 Å². The lowest BCUT2D eigenvalue weighted by molar-refractivity contribution is 0.0282. The van der Waals surface area contributed by atoms with Gasteiger partial charge < -0.3 is 14.2 Å². The van der Waals surface area contributed by atoms with E-state index in [4.69, 9.17) is 14.7 Å². The summed E-state index contributed by atoms with van der Waals surface area (Å²) in [5.41, 5.74) is 3.14. The van der Waals surface area contributed by atoms with Crippen molar-refractivity contribution in [2.75, 3.05) is 11.9 Å². The van der Waals surface area contributed by atoms with Crippen LogP contribution >= 0.6 is 0 Å². The van der Waals surface area contributed by atoms with Crippen molar-refractivity contribution in [2.24, 2.45) is 0 Å². The maximum Gasteiger partial charge on any atom is 0.410 e. The zero-order valence-electron chi connectivity index (χ0n) is 23.3. The van der Waals surface area contributed by atoms with Crippen LogP contribution in [0.25, 0.3) is 11.5 Å². The smallest absolute Gasteiger partial charge is 0.410 e. The summed E-state index contributed by atoms with van der Waals surface area (Å²) in [5.74, 6) is 1.17. The van der Waals surface area contributed by atoms with Gasteiger partial charge in [0.2, 0.25) is 0 Å². The van der Waals surface area contributed by atoms with E-state index in [-0.39, 0.29) is 17.9 Å². The molecule has 0 unspecified atom stereocenters. The number of pyridine rings is 2. The number of rotatable bonds is 6. The minimum absolute atomic E-state index is 0.0360. The molecule has 10 nitrogen and oxygen atoms in total. The second kappa shape index (κ2) is 9.14. The summed E-state index contributed by atoms with van der Waals surface area (Å²) >= 11 is 0. The first-order chi connectivity index (χ1) is 18.5. The van der Waals surface area contributed by atoms with Crippen molar-refractivity contribution in [3.63, 3.8) is 0 Å². The first kappa shape index (κ1) is 25.5. The predicted molar refractivity (Wildman–Crippen MR) is 145 cm³/mol. The summed E-state index contributed by atoms with van der Waals surface area (Å²) in [6.45, 7) is 8.28. The quantitative estimate of drug-likeness (QED) is 0.440. The van der Waals surface area contributed by atoms with E-state index in [1.807, 2.05) is 45.0 Å². The third kappa shape index (κ3) is 4.77. The van der Waals surface area contributed by atoms with Gasteiger partial charge in [-0.15, -0.1) is 10.2 Å². The molecular weight excluding hydrogens is 494 g/mol. The van der Waals surface area contributed by atoms with Crippen molar-refractivity contribution < 1.29 is 14.3 Å². The highest BCUT2D eigenvalue weighted by Gasteiger charge is 2.43. The van der Waals surface area contributed by atoms with Gasteiger partial charge >= 0.3 is 6.09 Å². The Morgan fingerprint density at radius 2 is 1.97 bits per heavy atom. The van der Waals surface area contributed by atoms with Crippen LogP contribution in [0.4, 0.5) is 10.6 Å². The molecule has 2 saturated carbocycles. The first-order valence-corrected chi connectivity index (χ1v) is 13.7. The second-order valence-electron chi connectivity index (χ2n) is 12.3. The molecule has 3 aromatic rings. The molecule has 0 atom stereocenters. The molecule has 1 aliphatic heterocycles. The molecular formula is C29H35N7O3. The summed E-state index contributed by atoms with van der Waals surface area (Å²) in [6.07, 6.45) is 6.83. The van der Waals surface area contributed by atoms with E-state index in [1.165, 1.54) is 11.3 Å². The van der Waals surface area contributed by atoms with E-state index in [1.54, 1.807) is 18.3 Å². The lowest BCUT2D eigenvalue weighted by Gasteiger charge is -2.27. The lowest BCUT2D eigenvalue weighted by atomic mass is 9.93. The van der Waals surface area contributed by atoms with Crippen LogP contribution < -0.4 is 4.90 Å². The molecule has 10 heteroatoms. The highest BCUT2D eigenvalue weighted by Crippen LogP contribution is 2.48. The maximum absolute atomic E-state index is 13.8. The van der Waals surface area contributed by atoms with Gasteiger partial charge in [-0.3, -0.25) is 14.7 Å². The van der Waals surface area contributed by atoms with E-state index < -0.39 is 11.7 Å². The summed E-state index contributed by atoms with van der Waals surface area (Å²) in [7, 11) is 1.70. The zero-order valence-corrected chi connectivity index (χ0v) is 23.3. The van der Waals surface area contributed by atoms with Crippen LogP contribution in [-0.2, 0) is 23.2 Å². The molecule has 0 saturated heterocycles. The molecule has 2 fully saturated rings. The molecule has 0 aromatic carbocycles. The Kier molecular flexibility index (Phi) is 5.96. The van der Waals surface area contributed by atoms with Gasteiger partial charge in [0, 0.05) is 35.3 Å². The van der Waals surface area contributed by atoms with Crippen LogP contribution in [0.15, 0.2) is 30.6 Å². The Morgan fingerprint density at radius 3 is 2.64 bits per heavy atom. The van der Waals surface area contributed by atoms with Crippen molar-refractivity contribution in [2.45, 2.75) is 89.9 Å². The van der Waals surface area contributed by atoms with E-state index >= 15 is 0 Å². The number of hydrogen-bond donors (Lipinski definition) is 0. The van der Waals surface area contributed by atoms with E-state index in [0.717, 1.165) is 48.5 Å². The van der Waals surface area contributed by atoms with Crippen LogP contribution in [0.5, 0.6) is 0 Å². The SMILES string of the molecule is CN(Cc1nc(C2(C)CC2)cc2c1CN(c1cccc(-c3nncn3C3CCC3)n1)C2=O)C(=O)OC(C)(C)C. The molecule has 204 valence electrons. The maximum atomic E-state index is 13.8. The van der Waals surface area contributed by atoms with Crippen LogP contribution in [0.2, 0.25) is 0 Å². The Balaban J connectivity index is 1.32. The number of ether oxygens (including phenoxy) is 1. The minimum Gasteiger partial charge on any atom is -0.444 e. The standard InChI is InChI=1S/C29H35N7O3/c1-28(2,3)39-27(38)34(5)16-22-20-15-35(26(37)19(20)14-23(31-22)29(4)12-13-29)24-11-7-10-21(32-24)25-33-30-17-36(25)18-8-6-9-18/h7,10-11,14,17-18H,6,8-9,12-13,15-16H2,1-5H3. The molecule has 3 aromatic heterocycles. The van der Waals surface area contributed by atoms with Crippen molar-refractivity contribution in [1.29, 1.82) is 0 Å². The average Bonchev–Trinajstić information content (AvgIpc) is 3.27. The first-order valence-electron chi connectivity index (χ1n) is 13.7. The van der Waals surface area contributed by atoms with Gasteiger partial charge in [0.05, 0.1) is 18.8 Å². The highest BCUT2D eigenvalue weighted by molar-refractivity contribution is 6.10. The fourth-order valence-electron chi connectivity index (χ4n) is 5.12. The van der Waals surface area contributed by atoms with Gasteiger partial charge in [-0.05, 0) is 71.1 Å². The van der Waals surface area contributed by atoms with Gasteiger partial charge in [0.15, 0.2) is 5.82 Å². The Labute approximate surface area is 228 Å². The molecule has 0 spiro atoms. The predicted octanol–water partition coefficient (Wildman–Crippen LogP) is 5.04. The molecule has 0 bridgehead atoms. The fourth-order valence-corrected chi connectivity index (χ4v) is 5.12. The zero-order chi connectivity index (χ0) is 27.5. The summed E-state index contributed by atoms with van der Waals surface area (Å²) in [4.78, 5) is 39.6. The Morgan fingerprint density at radius 1 is 1.21 bits per heavy atom.